The predicted molar refractivity (Wildman–Crippen MR) is 70.1 cm³/mol. The predicted octanol–water partition coefficient (Wildman–Crippen LogP) is 1.49. The van der Waals surface area contributed by atoms with Gasteiger partial charge in [0, 0.05) is 13.5 Å². The van der Waals surface area contributed by atoms with Crippen molar-refractivity contribution in [2.75, 3.05) is 26.7 Å². The largest absolute Gasteiger partial charge is 0.412 e. The molecule has 0 fully saturated rings. The van der Waals surface area contributed by atoms with Crippen molar-refractivity contribution in [1.82, 2.24) is 21.3 Å². The summed E-state index contributed by atoms with van der Waals surface area (Å²) in [4.78, 5) is 11.5. The van der Waals surface area contributed by atoms with Gasteiger partial charge >= 0.3 is 24.4 Å². The first kappa shape index (κ1) is 24.7. The fourth-order valence-electron chi connectivity index (χ4n) is 1.42. The number of nitrogens with zero attached hydrogens (tertiary/aromatic N) is 1. The van der Waals surface area contributed by atoms with Gasteiger partial charge in [-0.3, -0.25) is 4.79 Å². The van der Waals surface area contributed by atoms with Crippen molar-refractivity contribution in [2.45, 2.75) is 38.2 Å². The van der Waals surface area contributed by atoms with E-state index in [1.54, 1.807) is 10.7 Å². The fourth-order valence-corrected chi connectivity index (χ4v) is 1.42. The van der Waals surface area contributed by atoms with Crippen molar-refractivity contribution in [3.8, 4) is 0 Å². The van der Waals surface area contributed by atoms with E-state index in [9.17, 15) is 39.9 Å². The zero-order valence-electron chi connectivity index (χ0n) is 13.6. The van der Waals surface area contributed by atoms with E-state index in [-0.39, 0.29) is 5.12 Å². The van der Waals surface area contributed by atoms with E-state index in [1.165, 1.54) is 6.92 Å². The number of nitrogens with one attached hydrogen (secondary N) is 3. The molecule has 0 aromatic heterocycles. The highest BCUT2D eigenvalue weighted by atomic mass is 19.4. The summed E-state index contributed by atoms with van der Waals surface area (Å²) < 4.78 is 108. The number of carbonyl (C=O) groups excluding carboxylic acids is 1. The lowest BCUT2D eigenvalue weighted by Crippen LogP contribution is -2.72. The molecular weight excluding hydrogens is 388 g/mol. The molecule has 3 N–H and O–H groups in total. The zero-order valence-corrected chi connectivity index (χ0v) is 13.6. The molecule has 1 atom stereocenters. The first-order valence-corrected chi connectivity index (χ1v) is 6.98. The quantitative estimate of drug-likeness (QED) is 0.208. The maximum Gasteiger partial charge on any atom is 0.412 e. The molecule has 0 radical (unpaired) electrons. The summed E-state index contributed by atoms with van der Waals surface area (Å²) in [5.41, 5.74) is 3.51. The first-order valence-electron chi connectivity index (χ1n) is 6.98. The van der Waals surface area contributed by atoms with Gasteiger partial charge in [-0.1, -0.05) is 12.0 Å². The van der Waals surface area contributed by atoms with E-state index in [4.69, 9.17) is 0 Å². The van der Waals surface area contributed by atoms with Crippen LogP contribution < -0.4 is 16.2 Å². The Morgan fingerprint density at radius 2 is 1.69 bits per heavy atom. The molecule has 0 aliphatic heterocycles. The number of ether oxygens (including phenoxy) is 2. The molecule has 0 saturated heterocycles. The molecule has 0 amide bonds. The van der Waals surface area contributed by atoms with Crippen molar-refractivity contribution < 1.29 is 49.4 Å². The van der Waals surface area contributed by atoms with Crippen LogP contribution in [0.15, 0.2) is 0 Å². The van der Waals surface area contributed by atoms with Crippen LogP contribution in [0.3, 0.4) is 0 Å². The molecule has 0 bridgehead atoms. The van der Waals surface area contributed by atoms with Crippen LogP contribution in [0.2, 0.25) is 0 Å². The smallest absolute Gasteiger partial charge is 0.403 e. The summed E-state index contributed by atoms with van der Waals surface area (Å²) in [7, 11) is 0.929. The Balaban J connectivity index is 5.69. The summed E-state index contributed by atoms with van der Waals surface area (Å²) in [6.07, 6.45) is -13.4. The Morgan fingerprint density at radius 3 is 2.08 bits per heavy atom. The lowest BCUT2D eigenvalue weighted by Gasteiger charge is -2.41. The number of alkyl halides is 8. The minimum Gasteiger partial charge on any atom is -0.403 e. The molecule has 0 spiro atoms. The molecule has 0 aliphatic carbocycles. The van der Waals surface area contributed by atoms with Gasteiger partial charge in [-0.05, 0) is 0 Å². The van der Waals surface area contributed by atoms with E-state index in [2.05, 4.69) is 9.47 Å². The molecule has 0 saturated carbocycles. The lowest BCUT2D eigenvalue weighted by molar-refractivity contribution is -0.368. The van der Waals surface area contributed by atoms with Gasteiger partial charge in [0.2, 0.25) is 0 Å². The molecule has 0 aliphatic rings. The Kier molecular flexibility index (Phi) is 9.65. The third kappa shape index (κ3) is 10.0. The van der Waals surface area contributed by atoms with E-state index in [0.717, 1.165) is 7.05 Å². The van der Waals surface area contributed by atoms with E-state index < -0.39 is 56.9 Å². The third-order valence-corrected chi connectivity index (χ3v) is 2.41. The molecule has 26 heavy (non-hydrogen) atoms. The number of hydrogen-bond donors (Lipinski definition) is 3. The first-order chi connectivity index (χ1) is 11.7. The van der Waals surface area contributed by atoms with Crippen LogP contribution in [0.5, 0.6) is 0 Å². The van der Waals surface area contributed by atoms with Crippen molar-refractivity contribution in [3.63, 3.8) is 0 Å². The van der Waals surface area contributed by atoms with E-state index in [1.807, 2.05) is 5.43 Å². The molecule has 0 rings (SSSR count). The Labute approximate surface area is 142 Å². The fraction of sp³-hybridized carbons (Fsp3) is 0.909. The van der Waals surface area contributed by atoms with Gasteiger partial charge in [0.25, 0.3) is 6.43 Å². The van der Waals surface area contributed by atoms with Gasteiger partial charge in [0.15, 0.2) is 0 Å². The number of hydrazine groups is 2. The summed E-state index contributed by atoms with van der Waals surface area (Å²) in [6.45, 7) is -4.06. The third-order valence-electron chi connectivity index (χ3n) is 2.41. The summed E-state index contributed by atoms with van der Waals surface area (Å²) >= 11 is 0. The van der Waals surface area contributed by atoms with Gasteiger partial charge in [0.1, 0.15) is 13.2 Å². The van der Waals surface area contributed by atoms with Gasteiger partial charge in [-0.15, -0.1) is 0 Å². The van der Waals surface area contributed by atoms with Crippen molar-refractivity contribution in [3.05, 3.63) is 0 Å². The SMILES string of the molecule is CCC(=O)OC(NCC(F)F)(OCC(F)(F)F)N(NC)NCC(F)(F)F. The topological polar surface area (TPSA) is 74.9 Å². The van der Waals surface area contributed by atoms with E-state index >= 15 is 0 Å². The molecule has 0 aromatic carbocycles. The zero-order chi connectivity index (χ0) is 20.6. The van der Waals surface area contributed by atoms with Gasteiger partial charge in [-0.2, -0.15) is 26.3 Å². The highest BCUT2D eigenvalue weighted by Crippen LogP contribution is 2.22. The highest BCUT2D eigenvalue weighted by Gasteiger charge is 2.47. The second-order valence-corrected chi connectivity index (χ2v) is 4.59. The van der Waals surface area contributed by atoms with Crippen molar-refractivity contribution in [1.29, 1.82) is 0 Å². The second-order valence-electron chi connectivity index (χ2n) is 4.59. The van der Waals surface area contributed by atoms with Crippen LogP contribution in [-0.2, 0) is 14.3 Å². The van der Waals surface area contributed by atoms with E-state index in [0.29, 0.717) is 0 Å². The van der Waals surface area contributed by atoms with Crippen LogP contribution >= 0.6 is 0 Å². The molecule has 15 heteroatoms. The average molecular weight is 406 g/mol. The standard InChI is InChI=1S/C11H18F8N4O3/c1-3-8(24)26-11(21-4-7(12)13,25-6-10(17,18)19)23(20-2)22-5-9(14,15)16/h7,20-22H,3-6H2,1-2H3. The summed E-state index contributed by atoms with van der Waals surface area (Å²) in [5.74, 6) is -1.23. The number of esters is 1. The van der Waals surface area contributed by atoms with Gasteiger partial charge in [-0.25, -0.2) is 24.9 Å². The number of rotatable bonds is 11. The minimum atomic E-state index is -5.00. The Hall–Kier alpha value is -1.29. The van der Waals surface area contributed by atoms with Crippen LogP contribution in [-0.4, -0.2) is 62.6 Å². The summed E-state index contributed by atoms with van der Waals surface area (Å²) in [6, 6.07) is -3.14. The molecule has 1 unspecified atom stereocenters. The maximum atomic E-state index is 12.5. The van der Waals surface area contributed by atoms with Crippen molar-refractivity contribution in [2.24, 2.45) is 0 Å². The van der Waals surface area contributed by atoms with Crippen LogP contribution in [0.25, 0.3) is 0 Å². The Morgan fingerprint density at radius 1 is 1.12 bits per heavy atom. The molecule has 0 aromatic rings. The highest BCUT2D eigenvalue weighted by molar-refractivity contribution is 5.69. The maximum absolute atomic E-state index is 12.5. The molecule has 156 valence electrons. The normalized spacial score (nSPS) is 15.4. The average Bonchev–Trinajstić information content (AvgIpc) is 2.49. The molecule has 7 nitrogen and oxygen atoms in total. The van der Waals surface area contributed by atoms with Crippen molar-refractivity contribution >= 4 is 5.97 Å². The lowest BCUT2D eigenvalue weighted by atomic mass is 10.5. The van der Waals surface area contributed by atoms with Gasteiger partial charge < -0.3 is 9.47 Å². The van der Waals surface area contributed by atoms with Crippen LogP contribution in [0.1, 0.15) is 13.3 Å². The second kappa shape index (κ2) is 10.1. The monoisotopic (exact) mass is 406 g/mol. The van der Waals surface area contributed by atoms with Gasteiger partial charge in [0.05, 0.1) is 6.54 Å². The molecular formula is C11H18F8N4O3. The number of carbonyl (C=O) groups is 1. The minimum absolute atomic E-state index is 0.0577. The molecule has 0 heterocycles. The number of halogens is 8. The van der Waals surface area contributed by atoms with Crippen LogP contribution in [0.4, 0.5) is 35.1 Å². The van der Waals surface area contributed by atoms with Crippen LogP contribution in [0, 0.1) is 0 Å². The summed E-state index contributed by atoms with van der Waals surface area (Å²) in [5, 5.41) is 1.73. The Bertz CT molecular complexity index is 435. The number of hydrogen-bond acceptors (Lipinski definition) is 7.